The molecule has 0 aliphatic heterocycles. The minimum Gasteiger partial charge on any atom is -0.382 e. The number of hydrogen-bond acceptors (Lipinski definition) is 4. The van der Waals surface area contributed by atoms with Gasteiger partial charge < -0.3 is 4.74 Å². The fraction of sp³-hybridized carbons (Fsp3) is 0.545. The Labute approximate surface area is 103 Å². The Morgan fingerprint density at radius 1 is 1.50 bits per heavy atom. The van der Waals surface area contributed by atoms with Crippen LogP contribution in [0.4, 0.5) is 13.2 Å². The molecule has 4 nitrogen and oxygen atoms in total. The number of ether oxygens (including phenoxy) is 1. The summed E-state index contributed by atoms with van der Waals surface area (Å²) in [5, 5.41) is 0. The standard InChI is InChI=1S/C11H16F3N3O/c1-2-18-6-4-10(17-15)8-7-16-5-3-9(8)11(12,13)14/h3,5,7,10,17H,2,4,6,15H2,1H3. The highest BCUT2D eigenvalue weighted by atomic mass is 19.4. The van der Waals surface area contributed by atoms with Gasteiger partial charge >= 0.3 is 6.18 Å². The molecule has 1 aromatic rings. The molecule has 1 unspecified atom stereocenters. The molecule has 1 atom stereocenters. The number of nitrogens with two attached hydrogens (primary N) is 1. The maximum absolute atomic E-state index is 12.8. The number of rotatable bonds is 6. The molecule has 0 aliphatic carbocycles. The molecule has 0 saturated carbocycles. The first kappa shape index (κ1) is 14.9. The molecule has 0 aromatic carbocycles. The Morgan fingerprint density at radius 3 is 2.78 bits per heavy atom. The number of nitrogens with one attached hydrogen (secondary N) is 1. The van der Waals surface area contributed by atoms with E-state index in [1.54, 1.807) is 0 Å². The van der Waals surface area contributed by atoms with Gasteiger partial charge in [-0.05, 0) is 19.4 Å². The lowest BCUT2D eigenvalue weighted by Crippen LogP contribution is -2.31. The predicted octanol–water partition coefficient (Wildman–Crippen LogP) is 2.03. The van der Waals surface area contributed by atoms with Gasteiger partial charge in [0.2, 0.25) is 0 Å². The molecular formula is C11H16F3N3O. The van der Waals surface area contributed by atoms with E-state index in [4.69, 9.17) is 10.6 Å². The van der Waals surface area contributed by atoms with Crippen molar-refractivity contribution in [2.45, 2.75) is 25.6 Å². The lowest BCUT2D eigenvalue weighted by atomic mass is 10.0. The van der Waals surface area contributed by atoms with E-state index in [1.807, 2.05) is 6.92 Å². The summed E-state index contributed by atoms with van der Waals surface area (Å²) < 4.78 is 43.5. The van der Waals surface area contributed by atoms with Crippen LogP contribution in [0.1, 0.15) is 30.5 Å². The Morgan fingerprint density at radius 2 is 2.22 bits per heavy atom. The van der Waals surface area contributed by atoms with Crippen LogP contribution in [0.25, 0.3) is 0 Å². The molecule has 1 rings (SSSR count). The van der Waals surface area contributed by atoms with Crippen LogP contribution in [-0.4, -0.2) is 18.2 Å². The highest BCUT2D eigenvalue weighted by molar-refractivity contribution is 5.29. The molecule has 0 radical (unpaired) electrons. The van der Waals surface area contributed by atoms with E-state index in [2.05, 4.69) is 10.4 Å². The predicted molar refractivity (Wildman–Crippen MR) is 60.4 cm³/mol. The molecular weight excluding hydrogens is 247 g/mol. The number of aromatic nitrogens is 1. The van der Waals surface area contributed by atoms with Gasteiger partial charge in [-0.2, -0.15) is 13.2 Å². The fourth-order valence-corrected chi connectivity index (χ4v) is 1.62. The van der Waals surface area contributed by atoms with Gasteiger partial charge in [0.05, 0.1) is 11.6 Å². The van der Waals surface area contributed by atoms with E-state index in [9.17, 15) is 13.2 Å². The van der Waals surface area contributed by atoms with Crippen molar-refractivity contribution in [3.8, 4) is 0 Å². The first-order chi connectivity index (χ1) is 8.50. The second kappa shape index (κ2) is 6.67. The van der Waals surface area contributed by atoms with Crippen molar-refractivity contribution < 1.29 is 17.9 Å². The van der Waals surface area contributed by atoms with Gasteiger partial charge in [-0.15, -0.1) is 0 Å². The van der Waals surface area contributed by atoms with Crippen LogP contribution in [0.15, 0.2) is 18.5 Å². The maximum atomic E-state index is 12.8. The summed E-state index contributed by atoms with van der Waals surface area (Å²) >= 11 is 0. The van der Waals surface area contributed by atoms with Crippen molar-refractivity contribution in [3.63, 3.8) is 0 Å². The zero-order valence-corrected chi connectivity index (χ0v) is 10.00. The molecule has 0 aliphatic rings. The number of pyridine rings is 1. The lowest BCUT2D eigenvalue weighted by Gasteiger charge is -2.20. The zero-order valence-electron chi connectivity index (χ0n) is 10.00. The summed E-state index contributed by atoms with van der Waals surface area (Å²) in [6, 6.07) is 0.308. The Kier molecular flexibility index (Phi) is 5.52. The van der Waals surface area contributed by atoms with Gasteiger partial charge in [0, 0.05) is 31.2 Å². The van der Waals surface area contributed by atoms with Gasteiger partial charge in [-0.1, -0.05) is 0 Å². The number of hydrogen-bond donors (Lipinski definition) is 2. The molecule has 1 heterocycles. The molecule has 18 heavy (non-hydrogen) atoms. The topological polar surface area (TPSA) is 60.2 Å². The summed E-state index contributed by atoms with van der Waals surface area (Å²) in [4.78, 5) is 3.72. The SMILES string of the molecule is CCOCCC(NN)c1cnccc1C(F)(F)F. The third-order valence-electron chi connectivity index (χ3n) is 2.49. The Balaban J connectivity index is 2.91. The van der Waals surface area contributed by atoms with E-state index >= 15 is 0 Å². The third-order valence-corrected chi connectivity index (χ3v) is 2.49. The molecule has 102 valence electrons. The van der Waals surface area contributed by atoms with E-state index in [0.29, 0.717) is 19.6 Å². The van der Waals surface area contributed by atoms with Crippen LogP contribution >= 0.6 is 0 Å². The average Bonchev–Trinajstić information content (AvgIpc) is 2.34. The minimum absolute atomic E-state index is 0.0344. The fourth-order valence-electron chi connectivity index (χ4n) is 1.62. The van der Waals surface area contributed by atoms with Crippen molar-refractivity contribution in [2.75, 3.05) is 13.2 Å². The molecule has 0 fully saturated rings. The average molecular weight is 263 g/mol. The van der Waals surface area contributed by atoms with Crippen molar-refractivity contribution in [2.24, 2.45) is 5.84 Å². The van der Waals surface area contributed by atoms with Gasteiger partial charge in [-0.25, -0.2) is 0 Å². The number of halogens is 3. The highest BCUT2D eigenvalue weighted by Crippen LogP contribution is 2.34. The highest BCUT2D eigenvalue weighted by Gasteiger charge is 2.35. The second-order valence-corrected chi connectivity index (χ2v) is 3.67. The molecule has 0 saturated heterocycles. The zero-order chi connectivity index (χ0) is 13.6. The van der Waals surface area contributed by atoms with Gasteiger partial charge in [0.1, 0.15) is 0 Å². The summed E-state index contributed by atoms with van der Waals surface area (Å²) in [5.74, 6) is 5.30. The third kappa shape index (κ3) is 3.94. The van der Waals surface area contributed by atoms with Crippen LogP contribution in [0, 0.1) is 0 Å². The minimum atomic E-state index is -4.42. The van der Waals surface area contributed by atoms with Crippen LogP contribution in [0.2, 0.25) is 0 Å². The maximum Gasteiger partial charge on any atom is 0.416 e. The van der Waals surface area contributed by atoms with E-state index < -0.39 is 17.8 Å². The molecule has 0 bridgehead atoms. The largest absolute Gasteiger partial charge is 0.416 e. The lowest BCUT2D eigenvalue weighted by molar-refractivity contribution is -0.138. The Hall–Kier alpha value is -1.18. The van der Waals surface area contributed by atoms with E-state index in [-0.39, 0.29) is 5.56 Å². The van der Waals surface area contributed by atoms with Crippen molar-refractivity contribution in [1.82, 2.24) is 10.4 Å². The molecule has 7 heteroatoms. The second-order valence-electron chi connectivity index (χ2n) is 3.67. The summed E-state index contributed by atoms with van der Waals surface area (Å²) in [5.41, 5.74) is 1.68. The molecule has 3 N–H and O–H groups in total. The Bertz CT molecular complexity index is 371. The monoisotopic (exact) mass is 263 g/mol. The summed E-state index contributed by atoms with van der Waals surface area (Å²) in [6.45, 7) is 2.66. The quantitative estimate of drug-likeness (QED) is 0.468. The molecule has 0 amide bonds. The number of nitrogens with zero attached hydrogens (tertiary/aromatic N) is 1. The van der Waals surface area contributed by atoms with Crippen LogP contribution in [-0.2, 0) is 10.9 Å². The van der Waals surface area contributed by atoms with E-state index in [0.717, 1.165) is 12.3 Å². The first-order valence-corrected chi connectivity index (χ1v) is 5.55. The number of hydrazine groups is 1. The normalized spacial score (nSPS) is 13.6. The van der Waals surface area contributed by atoms with Gasteiger partial charge in [-0.3, -0.25) is 16.3 Å². The van der Waals surface area contributed by atoms with Crippen LogP contribution in [0.3, 0.4) is 0 Å². The van der Waals surface area contributed by atoms with E-state index in [1.165, 1.54) is 6.20 Å². The van der Waals surface area contributed by atoms with Crippen LogP contribution in [0.5, 0.6) is 0 Å². The summed E-state index contributed by atoms with van der Waals surface area (Å²) in [7, 11) is 0. The van der Waals surface area contributed by atoms with Crippen LogP contribution < -0.4 is 11.3 Å². The smallest absolute Gasteiger partial charge is 0.382 e. The number of alkyl halides is 3. The van der Waals surface area contributed by atoms with Gasteiger partial charge in [0.25, 0.3) is 0 Å². The van der Waals surface area contributed by atoms with Crippen molar-refractivity contribution >= 4 is 0 Å². The van der Waals surface area contributed by atoms with Gasteiger partial charge in [0.15, 0.2) is 0 Å². The first-order valence-electron chi connectivity index (χ1n) is 5.55. The molecule has 0 spiro atoms. The van der Waals surface area contributed by atoms with Crippen molar-refractivity contribution in [3.05, 3.63) is 29.6 Å². The summed E-state index contributed by atoms with van der Waals surface area (Å²) in [6.07, 6.45) is -1.78. The van der Waals surface area contributed by atoms with Crippen molar-refractivity contribution in [1.29, 1.82) is 0 Å². The molecule has 1 aromatic heterocycles.